The molecule has 7 heteroatoms. The molecule has 0 saturated carbocycles. The lowest BCUT2D eigenvalue weighted by atomic mass is 9.91. The minimum absolute atomic E-state index is 0.678. The number of likely N-dealkylation sites (tertiary alicyclic amines) is 1. The first-order valence-electron chi connectivity index (χ1n) is 11.8. The summed E-state index contributed by atoms with van der Waals surface area (Å²) in [6.45, 7) is 15.4. The molecule has 1 aromatic carbocycles. The lowest BCUT2D eigenvalue weighted by Gasteiger charge is -2.35. The number of benzene rings is 1. The Morgan fingerprint density at radius 3 is 2.55 bits per heavy atom. The van der Waals surface area contributed by atoms with Gasteiger partial charge in [-0.1, -0.05) is 45.0 Å². The average molecular weight is 426 g/mol. The molecule has 0 radical (unpaired) electrons. The molecule has 1 aromatic heterocycles. The molecule has 2 atom stereocenters. The molecule has 2 aromatic rings. The fraction of sp³-hybridized carbons (Fsp3) is 0.625. The Morgan fingerprint density at radius 1 is 1.10 bits per heavy atom. The molecule has 2 N–H and O–H groups in total. The van der Waals surface area contributed by atoms with Crippen LogP contribution in [0.5, 0.6) is 0 Å². The van der Waals surface area contributed by atoms with Crippen LogP contribution >= 0.6 is 0 Å². The molecule has 0 aliphatic carbocycles. The van der Waals surface area contributed by atoms with Crippen molar-refractivity contribution in [2.45, 2.75) is 60.2 Å². The van der Waals surface area contributed by atoms with Crippen LogP contribution in [0.3, 0.4) is 0 Å². The Morgan fingerprint density at radius 2 is 1.84 bits per heavy atom. The zero-order valence-corrected chi connectivity index (χ0v) is 19.6. The van der Waals surface area contributed by atoms with E-state index in [1.807, 2.05) is 0 Å². The van der Waals surface area contributed by atoms with Crippen LogP contribution in [-0.2, 0) is 26.1 Å². The molecule has 1 fully saturated rings. The van der Waals surface area contributed by atoms with E-state index < -0.39 is 0 Å². The Balaban J connectivity index is 1.60. The first-order chi connectivity index (χ1) is 15.1. The van der Waals surface area contributed by atoms with Crippen LogP contribution in [0.4, 0.5) is 0 Å². The van der Waals surface area contributed by atoms with Gasteiger partial charge in [0.25, 0.3) is 0 Å². The second-order valence-electron chi connectivity index (χ2n) is 8.82. The van der Waals surface area contributed by atoms with Crippen LogP contribution in [0.25, 0.3) is 0 Å². The molecule has 1 saturated heterocycles. The summed E-state index contributed by atoms with van der Waals surface area (Å²) in [6.07, 6.45) is 4.03. The molecular weight excluding hydrogens is 386 g/mol. The van der Waals surface area contributed by atoms with E-state index in [0.717, 1.165) is 56.2 Å². The predicted molar refractivity (Wildman–Crippen MR) is 127 cm³/mol. The molecular formula is C24H39N7. The first kappa shape index (κ1) is 23.3. The average Bonchev–Trinajstić information content (AvgIpc) is 3.20. The summed E-state index contributed by atoms with van der Waals surface area (Å²) >= 11 is 0. The SMILES string of the molecule is CCNC(=NCc1ccccc1CN1CC(C)CC(C)C1)NCCn1cnnc1CC. The minimum Gasteiger partial charge on any atom is -0.357 e. The topological polar surface area (TPSA) is 70.4 Å². The summed E-state index contributed by atoms with van der Waals surface area (Å²) in [5.41, 5.74) is 2.69. The molecule has 3 rings (SSSR count). The standard InChI is InChI=1S/C24H39N7/c1-5-23-29-28-18-31(23)12-11-26-24(25-6-2)27-14-21-9-7-8-10-22(21)17-30-15-19(3)13-20(4)16-30/h7-10,18-20H,5-6,11-17H2,1-4H3,(H2,25,26,27). The van der Waals surface area contributed by atoms with Gasteiger partial charge in [0.15, 0.2) is 5.96 Å². The highest BCUT2D eigenvalue weighted by molar-refractivity contribution is 5.79. The number of guanidine groups is 1. The minimum atomic E-state index is 0.678. The molecule has 1 aliphatic rings. The van der Waals surface area contributed by atoms with Crippen molar-refractivity contribution in [2.24, 2.45) is 16.8 Å². The van der Waals surface area contributed by atoms with Gasteiger partial charge in [-0.05, 0) is 36.3 Å². The lowest BCUT2D eigenvalue weighted by Crippen LogP contribution is -2.39. The molecule has 1 aliphatic heterocycles. The van der Waals surface area contributed by atoms with Crippen molar-refractivity contribution in [3.8, 4) is 0 Å². The maximum absolute atomic E-state index is 4.86. The second kappa shape index (κ2) is 11.8. The van der Waals surface area contributed by atoms with Crippen LogP contribution < -0.4 is 10.6 Å². The second-order valence-corrected chi connectivity index (χ2v) is 8.82. The summed E-state index contributed by atoms with van der Waals surface area (Å²) in [5.74, 6) is 3.41. The first-order valence-corrected chi connectivity index (χ1v) is 11.8. The smallest absolute Gasteiger partial charge is 0.191 e. The third-order valence-corrected chi connectivity index (χ3v) is 5.87. The van der Waals surface area contributed by atoms with E-state index in [1.165, 1.54) is 30.6 Å². The van der Waals surface area contributed by atoms with Gasteiger partial charge in [-0.15, -0.1) is 10.2 Å². The fourth-order valence-corrected chi connectivity index (χ4v) is 4.57. The normalized spacial score (nSPS) is 20.1. The van der Waals surface area contributed by atoms with Gasteiger partial charge in [0.2, 0.25) is 0 Å². The number of aromatic nitrogens is 3. The van der Waals surface area contributed by atoms with Gasteiger partial charge in [-0.2, -0.15) is 0 Å². The summed E-state index contributed by atoms with van der Waals surface area (Å²) in [7, 11) is 0. The Hall–Kier alpha value is -2.41. The van der Waals surface area contributed by atoms with E-state index in [-0.39, 0.29) is 0 Å². The zero-order chi connectivity index (χ0) is 22.1. The maximum atomic E-state index is 4.86. The largest absolute Gasteiger partial charge is 0.357 e. The zero-order valence-electron chi connectivity index (χ0n) is 19.6. The van der Waals surface area contributed by atoms with E-state index >= 15 is 0 Å². The van der Waals surface area contributed by atoms with Crippen molar-refractivity contribution < 1.29 is 0 Å². The molecule has 31 heavy (non-hydrogen) atoms. The number of rotatable bonds is 9. The van der Waals surface area contributed by atoms with Crippen molar-refractivity contribution in [3.05, 3.63) is 47.5 Å². The van der Waals surface area contributed by atoms with Crippen molar-refractivity contribution in [2.75, 3.05) is 26.2 Å². The van der Waals surface area contributed by atoms with Gasteiger partial charge < -0.3 is 15.2 Å². The lowest BCUT2D eigenvalue weighted by molar-refractivity contribution is 0.134. The van der Waals surface area contributed by atoms with E-state index in [2.05, 4.69) is 82.3 Å². The van der Waals surface area contributed by atoms with Gasteiger partial charge in [0, 0.05) is 45.7 Å². The molecule has 0 spiro atoms. The predicted octanol–water partition coefficient (Wildman–Crippen LogP) is 3.07. The van der Waals surface area contributed by atoms with E-state index in [4.69, 9.17) is 4.99 Å². The van der Waals surface area contributed by atoms with Crippen molar-refractivity contribution >= 4 is 5.96 Å². The van der Waals surface area contributed by atoms with Crippen molar-refractivity contribution in [3.63, 3.8) is 0 Å². The highest BCUT2D eigenvalue weighted by atomic mass is 15.3. The van der Waals surface area contributed by atoms with E-state index in [9.17, 15) is 0 Å². The highest BCUT2D eigenvalue weighted by Crippen LogP contribution is 2.23. The monoisotopic (exact) mass is 425 g/mol. The molecule has 2 unspecified atom stereocenters. The third-order valence-electron chi connectivity index (χ3n) is 5.87. The number of nitrogens with one attached hydrogen (secondary N) is 2. The molecule has 170 valence electrons. The van der Waals surface area contributed by atoms with Crippen LogP contribution in [0.15, 0.2) is 35.6 Å². The summed E-state index contributed by atoms with van der Waals surface area (Å²) in [6, 6.07) is 8.74. The van der Waals surface area contributed by atoms with Gasteiger partial charge in [0.05, 0.1) is 6.54 Å². The Labute approximate surface area is 187 Å². The number of aryl methyl sites for hydroxylation is 1. The van der Waals surface area contributed by atoms with Gasteiger partial charge >= 0.3 is 0 Å². The van der Waals surface area contributed by atoms with Crippen LogP contribution in [0, 0.1) is 11.8 Å². The van der Waals surface area contributed by atoms with Gasteiger partial charge in [0.1, 0.15) is 12.2 Å². The Bertz CT molecular complexity index is 819. The third kappa shape index (κ3) is 7.06. The summed E-state index contributed by atoms with van der Waals surface area (Å²) in [5, 5.41) is 15.0. The van der Waals surface area contributed by atoms with Crippen molar-refractivity contribution in [1.82, 2.24) is 30.3 Å². The van der Waals surface area contributed by atoms with Crippen LogP contribution in [-0.4, -0.2) is 51.8 Å². The molecule has 0 bridgehead atoms. The highest BCUT2D eigenvalue weighted by Gasteiger charge is 2.22. The van der Waals surface area contributed by atoms with E-state index in [1.54, 1.807) is 6.33 Å². The Kier molecular flexibility index (Phi) is 8.88. The fourth-order valence-electron chi connectivity index (χ4n) is 4.57. The maximum Gasteiger partial charge on any atom is 0.191 e. The quantitative estimate of drug-likeness (QED) is 0.477. The molecule has 0 amide bonds. The molecule has 2 heterocycles. The number of piperidine rings is 1. The summed E-state index contributed by atoms with van der Waals surface area (Å²) < 4.78 is 2.09. The number of hydrogen-bond acceptors (Lipinski definition) is 4. The molecule has 7 nitrogen and oxygen atoms in total. The van der Waals surface area contributed by atoms with Crippen LogP contribution in [0.2, 0.25) is 0 Å². The van der Waals surface area contributed by atoms with Gasteiger partial charge in [-0.3, -0.25) is 4.90 Å². The van der Waals surface area contributed by atoms with E-state index in [0.29, 0.717) is 6.54 Å². The number of hydrogen-bond donors (Lipinski definition) is 2. The van der Waals surface area contributed by atoms with Gasteiger partial charge in [-0.25, -0.2) is 4.99 Å². The van der Waals surface area contributed by atoms with Crippen molar-refractivity contribution in [1.29, 1.82) is 0 Å². The summed E-state index contributed by atoms with van der Waals surface area (Å²) in [4.78, 5) is 7.47. The van der Waals surface area contributed by atoms with Crippen LogP contribution in [0.1, 0.15) is 51.1 Å². The number of aliphatic imine (C=N–C) groups is 1. The number of nitrogens with zero attached hydrogens (tertiary/aromatic N) is 5.